The van der Waals surface area contributed by atoms with Crippen molar-refractivity contribution in [1.82, 2.24) is 14.9 Å². The molecule has 0 spiro atoms. The summed E-state index contributed by atoms with van der Waals surface area (Å²) in [6, 6.07) is 9.82. The molecule has 0 radical (unpaired) electrons. The Labute approximate surface area is 131 Å². The smallest absolute Gasteiger partial charge is 0.0821 e. The highest BCUT2D eigenvalue weighted by Crippen LogP contribution is 2.44. The van der Waals surface area contributed by atoms with Gasteiger partial charge in [-0.25, -0.2) is 0 Å². The number of piperidine rings is 1. The number of H-pyrrole nitrogens is 1. The Hall–Kier alpha value is -1.36. The fourth-order valence-corrected chi connectivity index (χ4v) is 4.95. The minimum absolute atomic E-state index is 0.347. The molecule has 2 saturated heterocycles. The summed E-state index contributed by atoms with van der Waals surface area (Å²) in [5.74, 6) is 0.646. The van der Waals surface area contributed by atoms with E-state index in [2.05, 4.69) is 53.2 Å². The molecule has 3 aliphatic rings. The Bertz CT molecular complexity index is 724. The first kappa shape index (κ1) is 13.1. The van der Waals surface area contributed by atoms with E-state index in [1.54, 1.807) is 5.56 Å². The van der Waals surface area contributed by atoms with Crippen molar-refractivity contribution in [2.45, 2.75) is 38.0 Å². The van der Waals surface area contributed by atoms with Crippen molar-refractivity contribution >= 4 is 10.9 Å². The van der Waals surface area contributed by atoms with Gasteiger partial charge < -0.3 is 4.98 Å². The topological polar surface area (TPSA) is 31.5 Å². The van der Waals surface area contributed by atoms with E-state index in [4.69, 9.17) is 4.84 Å². The number of nitrogens with one attached hydrogen (secondary N) is 1. The van der Waals surface area contributed by atoms with E-state index in [-0.39, 0.29) is 0 Å². The van der Waals surface area contributed by atoms with Gasteiger partial charge in [-0.05, 0) is 31.4 Å². The molecule has 5 rings (SSSR count). The summed E-state index contributed by atoms with van der Waals surface area (Å²) in [7, 11) is 2.10. The lowest BCUT2D eigenvalue weighted by atomic mass is 9.81. The molecular formula is C18H23N3O. The molecule has 22 heavy (non-hydrogen) atoms. The molecule has 0 bridgehead atoms. The van der Waals surface area contributed by atoms with Gasteiger partial charge in [-0.3, -0.25) is 9.74 Å². The molecule has 4 heteroatoms. The number of rotatable bonds is 0. The van der Waals surface area contributed by atoms with Crippen LogP contribution in [-0.4, -0.2) is 47.2 Å². The van der Waals surface area contributed by atoms with Gasteiger partial charge in [-0.15, -0.1) is 0 Å². The summed E-state index contributed by atoms with van der Waals surface area (Å²) in [4.78, 5) is 12.4. The molecule has 0 unspecified atom stereocenters. The van der Waals surface area contributed by atoms with Gasteiger partial charge in [0.15, 0.2) is 0 Å². The fourth-order valence-electron chi connectivity index (χ4n) is 4.95. The largest absolute Gasteiger partial charge is 0.357 e. The molecule has 1 aromatic heterocycles. The highest BCUT2D eigenvalue weighted by atomic mass is 16.7. The predicted molar refractivity (Wildman–Crippen MR) is 86.5 cm³/mol. The van der Waals surface area contributed by atoms with Crippen molar-refractivity contribution in [3.63, 3.8) is 0 Å². The predicted octanol–water partition coefficient (Wildman–Crippen LogP) is 2.72. The number of hydrogen-bond acceptors (Lipinski definition) is 3. The van der Waals surface area contributed by atoms with Crippen LogP contribution < -0.4 is 0 Å². The third-order valence-electron chi connectivity index (χ3n) is 6.08. The third kappa shape index (κ3) is 1.69. The molecule has 0 aliphatic carbocycles. The number of fused-ring (bicyclic) bond motifs is 6. The van der Waals surface area contributed by atoms with Gasteiger partial charge in [0.25, 0.3) is 0 Å². The van der Waals surface area contributed by atoms with Gasteiger partial charge in [0.1, 0.15) is 0 Å². The van der Waals surface area contributed by atoms with Crippen molar-refractivity contribution in [3.05, 3.63) is 35.5 Å². The van der Waals surface area contributed by atoms with Gasteiger partial charge in [-0.1, -0.05) is 18.2 Å². The summed E-state index contributed by atoms with van der Waals surface area (Å²) in [6.45, 7) is 4.56. The lowest BCUT2D eigenvalue weighted by molar-refractivity contribution is -0.140. The van der Waals surface area contributed by atoms with Crippen molar-refractivity contribution in [2.24, 2.45) is 5.92 Å². The van der Waals surface area contributed by atoms with Gasteiger partial charge in [0, 0.05) is 48.7 Å². The van der Waals surface area contributed by atoms with Crippen LogP contribution in [0.3, 0.4) is 0 Å². The summed E-state index contributed by atoms with van der Waals surface area (Å²) in [5, 5.41) is 3.53. The molecule has 1 aromatic carbocycles. The van der Waals surface area contributed by atoms with Gasteiger partial charge in [0.05, 0.1) is 12.1 Å². The van der Waals surface area contributed by atoms with E-state index in [9.17, 15) is 0 Å². The molecule has 0 amide bonds. The van der Waals surface area contributed by atoms with E-state index >= 15 is 0 Å². The maximum absolute atomic E-state index is 5.96. The fraction of sp³-hybridized carbons (Fsp3) is 0.556. The molecule has 2 fully saturated rings. The number of aromatic amines is 1. The highest BCUT2D eigenvalue weighted by Gasteiger charge is 2.47. The van der Waals surface area contributed by atoms with E-state index in [1.807, 2.05) is 0 Å². The van der Waals surface area contributed by atoms with Crippen LogP contribution in [0.4, 0.5) is 0 Å². The molecule has 4 heterocycles. The molecule has 3 aliphatic heterocycles. The van der Waals surface area contributed by atoms with E-state index in [1.165, 1.54) is 29.6 Å². The van der Waals surface area contributed by atoms with Crippen molar-refractivity contribution in [2.75, 3.05) is 20.1 Å². The lowest BCUT2D eigenvalue weighted by Gasteiger charge is -2.44. The van der Waals surface area contributed by atoms with Gasteiger partial charge >= 0.3 is 0 Å². The van der Waals surface area contributed by atoms with E-state index in [0.29, 0.717) is 24.1 Å². The normalized spacial score (nSPS) is 35.4. The zero-order valence-corrected chi connectivity index (χ0v) is 13.2. The van der Waals surface area contributed by atoms with Gasteiger partial charge in [0.2, 0.25) is 0 Å². The van der Waals surface area contributed by atoms with Crippen molar-refractivity contribution in [3.8, 4) is 0 Å². The van der Waals surface area contributed by atoms with Crippen LogP contribution >= 0.6 is 0 Å². The maximum Gasteiger partial charge on any atom is 0.0821 e. The Morgan fingerprint density at radius 1 is 1.27 bits per heavy atom. The minimum Gasteiger partial charge on any atom is -0.357 e. The van der Waals surface area contributed by atoms with Crippen molar-refractivity contribution < 1.29 is 4.84 Å². The monoisotopic (exact) mass is 297 g/mol. The van der Waals surface area contributed by atoms with Gasteiger partial charge in [-0.2, -0.15) is 5.06 Å². The summed E-state index contributed by atoms with van der Waals surface area (Å²) >= 11 is 0. The van der Waals surface area contributed by atoms with Crippen LogP contribution in [0.1, 0.15) is 30.6 Å². The molecule has 4 nitrogen and oxygen atoms in total. The second-order valence-electron chi connectivity index (χ2n) is 7.15. The molecule has 1 N–H and O–H groups in total. The standard InChI is InChI=1S/C18H23N3O/c1-11-14-10-21-8-7-13-12-5-3-4-6-15(12)19-18(13)17(21)9-16(14)20(2)22-11/h3-6,11,14,16-17,19H,7-10H2,1-2H3/t11-,14-,16-,17-/m0/s1. The zero-order valence-electron chi connectivity index (χ0n) is 13.2. The van der Waals surface area contributed by atoms with Crippen molar-refractivity contribution in [1.29, 1.82) is 0 Å². The first-order valence-electron chi connectivity index (χ1n) is 8.45. The quantitative estimate of drug-likeness (QED) is 0.811. The van der Waals surface area contributed by atoms with Crippen LogP contribution in [0.5, 0.6) is 0 Å². The average molecular weight is 297 g/mol. The van der Waals surface area contributed by atoms with Crippen LogP contribution in [0, 0.1) is 5.92 Å². The van der Waals surface area contributed by atoms with E-state index < -0.39 is 0 Å². The number of nitrogens with zero attached hydrogens (tertiary/aromatic N) is 2. The summed E-state index contributed by atoms with van der Waals surface area (Å²) in [5.41, 5.74) is 4.30. The molecule has 2 aromatic rings. The number of benzene rings is 1. The highest BCUT2D eigenvalue weighted by molar-refractivity contribution is 5.85. The Kier molecular flexibility index (Phi) is 2.72. The van der Waals surface area contributed by atoms with Crippen LogP contribution in [0.2, 0.25) is 0 Å². The first-order valence-corrected chi connectivity index (χ1v) is 8.45. The Balaban J connectivity index is 1.57. The second-order valence-corrected chi connectivity index (χ2v) is 7.15. The third-order valence-corrected chi connectivity index (χ3v) is 6.08. The number of aromatic nitrogens is 1. The zero-order chi connectivity index (χ0) is 14.8. The lowest BCUT2D eigenvalue weighted by Crippen LogP contribution is -2.50. The van der Waals surface area contributed by atoms with Crippen LogP contribution in [0.15, 0.2) is 24.3 Å². The molecular weight excluding hydrogens is 274 g/mol. The Morgan fingerprint density at radius 3 is 3.05 bits per heavy atom. The summed E-state index contributed by atoms with van der Waals surface area (Å²) < 4.78 is 0. The minimum atomic E-state index is 0.347. The number of para-hydroxylation sites is 1. The number of hydroxylamine groups is 2. The SMILES string of the molecule is C[C@@H]1ON(C)[C@H]2C[C@H]3c4[nH]c5ccccc5c4CCN3C[C@@H]12. The van der Waals surface area contributed by atoms with Crippen LogP contribution in [0.25, 0.3) is 10.9 Å². The first-order chi connectivity index (χ1) is 10.7. The maximum atomic E-state index is 5.96. The summed E-state index contributed by atoms with van der Waals surface area (Å²) in [6.07, 6.45) is 2.68. The molecule has 0 saturated carbocycles. The average Bonchev–Trinajstić information content (AvgIpc) is 3.04. The second kappa shape index (κ2) is 4.57. The molecule has 116 valence electrons. The molecule has 4 atom stereocenters. The number of hydrogen-bond donors (Lipinski definition) is 1. The Morgan fingerprint density at radius 2 is 2.14 bits per heavy atom. The van der Waals surface area contributed by atoms with E-state index in [0.717, 1.165) is 13.0 Å². The van der Waals surface area contributed by atoms with Crippen LogP contribution in [-0.2, 0) is 11.3 Å².